The van der Waals surface area contributed by atoms with Crippen LogP contribution < -0.4 is 10.6 Å². The van der Waals surface area contributed by atoms with Gasteiger partial charge in [0.1, 0.15) is 0 Å². The highest BCUT2D eigenvalue weighted by Gasteiger charge is 2.14. The van der Waals surface area contributed by atoms with Crippen molar-refractivity contribution in [2.24, 2.45) is 5.92 Å². The summed E-state index contributed by atoms with van der Waals surface area (Å²) in [6, 6.07) is 9.95. The van der Waals surface area contributed by atoms with E-state index in [2.05, 4.69) is 26.6 Å². The predicted molar refractivity (Wildman–Crippen MR) is 133 cm³/mol. The number of amides is 2. The molecule has 0 bridgehead atoms. The Kier molecular flexibility index (Phi) is 10.2. The Hall–Kier alpha value is -3.20. The number of esters is 2. The quantitative estimate of drug-likeness (QED) is 0.426. The van der Waals surface area contributed by atoms with Crippen molar-refractivity contribution in [1.29, 1.82) is 0 Å². The molecule has 0 heterocycles. The second-order valence-corrected chi connectivity index (χ2v) is 9.03. The number of halogens is 1. The first-order valence-corrected chi connectivity index (χ1v) is 11.6. The third-order valence-corrected chi connectivity index (χ3v) is 5.70. The number of nitrogens with one attached hydrogen (secondary N) is 2. The highest BCUT2D eigenvalue weighted by atomic mass is 79.9. The normalized spacial score (nSPS) is 10.5. The Morgan fingerprint density at radius 1 is 0.912 bits per heavy atom. The zero-order valence-electron chi connectivity index (χ0n) is 19.7. The fraction of sp³-hybridized carbons (Fsp3) is 0.360. The van der Waals surface area contributed by atoms with Gasteiger partial charge >= 0.3 is 11.9 Å². The summed E-state index contributed by atoms with van der Waals surface area (Å²) in [7, 11) is 0. The Morgan fingerprint density at radius 3 is 2.35 bits per heavy atom. The van der Waals surface area contributed by atoms with Crippen LogP contribution in [0.15, 0.2) is 40.9 Å². The molecular formula is C25H29BrN2O6. The average Bonchev–Trinajstić information content (AvgIpc) is 2.80. The summed E-state index contributed by atoms with van der Waals surface area (Å²) in [5.74, 6) is -1.81. The molecule has 0 saturated carbocycles. The summed E-state index contributed by atoms with van der Waals surface area (Å²) in [4.78, 5) is 48.3. The average molecular weight is 533 g/mol. The predicted octanol–water partition coefficient (Wildman–Crippen LogP) is 4.78. The van der Waals surface area contributed by atoms with Gasteiger partial charge in [-0.1, -0.05) is 35.8 Å². The van der Waals surface area contributed by atoms with Gasteiger partial charge in [0.25, 0.3) is 5.91 Å². The first kappa shape index (κ1) is 27.0. The molecule has 9 heteroatoms. The summed E-state index contributed by atoms with van der Waals surface area (Å²) in [6.07, 6.45) is -0.320. The van der Waals surface area contributed by atoms with Crippen molar-refractivity contribution in [3.63, 3.8) is 0 Å². The maximum Gasteiger partial charge on any atom is 0.338 e. The maximum absolute atomic E-state index is 12.2. The van der Waals surface area contributed by atoms with Crippen LogP contribution in [0, 0.1) is 19.8 Å². The van der Waals surface area contributed by atoms with Gasteiger partial charge in [-0.2, -0.15) is 0 Å². The first-order chi connectivity index (χ1) is 16.1. The van der Waals surface area contributed by atoms with Crippen molar-refractivity contribution in [1.82, 2.24) is 0 Å². The molecule has 2 rings (SSSR count). The smallest absolute Gasteiger partial charge is 0.338 e. The largest absolute Gasteiger partial charge is 0.462 e. The van der Waals surface area contributed by atoms with Crippen molar-refractivity contribution in [2.75, 3.05) is 23.8 Å². The second-order valence-electron chi connectivity index (χ2n) is 8.18. The number of ether oxygens (including phenoxy) is 2. The standard InChI is InChI=1S/C25H29BrN2O6/c1-15(2)13-34-25(32)18-6-5-7-19(12-18)27-22(29)10-11-24(31)33-14-23(30)28-21-9-8-20(26)16(3)17(21)4/h5-9,12,15H,10-11,13-14H2,1-4H3,(H,27,29)(H,28,30). The fourth-order valence-corrected chi connectivity index (χ4v) is 3.25. The fourth-order valence-electron chi connectivity index (χ4n) is 2.82. The van der Waals surface area contributed by atoms with E-state index in [0.29, 0.717) is 23.5 Å². The van der Waals surface area contributed by atoms with Gasteiger partial charge in [0.2, 0.25) is 5.91 Å². The van der Waals surface area contributed by atoms with Crippen LogP contribution in [0.1, 0.15) is 48.2 Å². The number of hydrogen-bond donors (Lipinski definition) is 2. The van der Waals surface area contributed by atoms with Crippen LogP contribution in [0.3, 0.4) is 0 Å². The number of carbonyl (C=O) groups is 4. The summed E-state index contributed by atoms with van der Waals surface area (Å²) in [5, 5.41) is 5.34. The highest BCUT2D eigenvalue weighted by molar-refractivity contribution is 9.10. The SMILES string of the molecule is Cc1c(Br)ccc(NC(=O)COC(=O)CCC(=O)Nc2cccc(C(=O)OCC(C)C)c2)c1C. The lowest BCUT2D eigenvalue weighted by Crippen LogP contribution is -2.22. The number of carbonyl (C=O) groups excluding carboxylic acids is 4. The number of rotatable bonds is 10. The number of anilines is 2. The third-order valence-electron chi connectivity index (χ3n) is 4.85. The molecule has 0 radical (unpaired) electrons. The van der Waals surface area contributed by atoms with Gasteiger partial charge in [0, 0.05) is 22.3 Å². The highest BCUT2D eigenvalue weighted by Crippen LogP contribution is 2.25. The summed E-state index contributed by atoms with van der Waals surface area (Å²) in [5.41, 5.74) is 3.27. The van der Waals surface area contributed by atoms with Gasteiger partial charge < -0.3 is 20.1 Å². The molecule has 0 aliphatic rings. The van der Waals surface area contributed by atoms with Gasteiger partial charge in [0.05, 0.1) is 18.6 Å². The molecule has 0 saturated heterocycles. The molecule has 182 valence electrons. The maximum atomic E-state index is 12.2. The van der Waals surface area contributed by atoms with Crippen molar-refractivity contribution in [3.8, 4) is 0 Å². The van der Waals surface area contributed by atoms with E-state index in [1.54, 1.807) is 24.3 Å². The molecule has 34 heavy (non-hydrogen) atoms. The zero-order chi connectivity index (χ0) is 25.3. The molecule has 0 aromatic heterocycles. The van der Waals surface area contributed by atoms with Crippen LogP contribution in [0.25, 0.3) is 0 Å². The monoisotopic (exact) mass is 532 g/mol. The second kappa shape index (κ2) is 12.9. The van der Waals surface area contributed by atoms with Gasteiger partial charge in [-0.25, -0.2) is 4.79 Å². The Morgan fingerprint density at radius 2 is 1.65 bits per heavy atom. The van der Waals surface area contributed by atoms with Crippen LogP contribution in [0.5, 0.6) is 0 Å². The lowest BCUT2D eigenvalue weighted by atomic mass is 10.1. The minimum Gasteiger partial charge on any atom is -0.462 e. The Bertz CT molecular complexity index is 1070. The third kappa shape index (κ3) is 8.62. The molecule has 0 unspecified atom stereocenters. The van der Waals surface area contributed by atoms with Crippen LogP contribution >= 0.6 is 15.9 Å². The van der Waals surface area contributed by atoms with Crippen LogP contribution in [0.2, 0.25) is 0 Å². The zero-order valence-corrected chi connectivity index (χ0v) is 21.3. The Labute approximate surface area is 207 Å². The van der Waals surface area contributed by atoms with Gasteiger partial charge in [0.15, 0.2) is 6.61 Å². The van der Waals surface area contributed by atoms with E-state index < -0.39 is 30.4 Å². The molecule has 2 aromatic rings. The van der Waals surface area contributed by atoms with E-state index in [0.717, 1.165) is 15.6 Å². The molecule has 0 aliphatic heterocycles. The van der Waals surface area contributed by atoms with Crippen molar-refractivity contribution >= 4 is 51.1 Å². The van der Waals surface area contributed by atoms with Gasteiger partial charge in [-0.3, -0.25) is 14.4 Å². The molecule has 2 aromatic carbocycles. The van der Waals surface area contributed by atoms with Gasteiger partial charge in [-0.15, -0.1) is 0 Å². The Balaban J connectivity index is 1.76. The van der Waals surface area contributed by atoms with E-state index in [9.17, 15) is 19.2 Å². The van der Waals surface area contributed by atoms with E-state index in [1.807, 2.05) is 33.8 Å². The van der Waals surface area contributed by atoms with Crippen molar-refractivity contribution < 1.29 is 28.7 Å². The molecule has 2 N–H and O–H groups in total. The van der Waals surface area contributed by atoms with E-state index in [4.69, 9.17) is 9.47 Å². The van der Waals surface area contributed by atoms with Crippen LogP contribution in [-0.4, -0.2) is 37.0 Å². The molecular weight excluding hydrogens is 504 g/mol. The molecule has 8 nitrogen and oxygen atoms in total. The molecule has 0 fully saturated rings. The number of benzene rings is 2. The lowest BCUT2D eigenvalue weighted by Gasteiger charge is -2.12. The van der Waals surface area contributed by atoms with E-state index in [1.165, 1.54) is 6.07 Å². The summed E-state index contributed by atoms with van der Waals surface area (Å²) in [6.45, 7) is 7.53. The van der Waals surface area contributed by atoms with E-state index in [-0.39, 0.29) is 18.8 Å². The lowest BCUT2D eigenvalue weighted by molar-refractivity contribution is -0.147. The van der Waals surface area contributed by atoms with Crippen LogP contribution in [0.4, 0.5) is 11.4 Å². The first-order valence-electron chi connectivity index (χ1n) is 10.8. The topological polar surface area (TPSA) is 111 Å². The molecule has 2 amide bonds. The molecule has 0 atom stereocenters. The van der Waals surface area contributed by atoms with Gasteiger partial charge in [-0.05, 0) is 61.2 Å². The molecule has 0 aliphatic carbocycles. The minimum absolute atomic E-state index is 0.131. The molecule has 0 spiro atoms. The number of hydrogen-bond acceptors (Lipinski definition) is 6. The van der Waals surface area contributed by atoms with Crippen LogP contribution in [-0.2, 0) is 23.9 Å². The summed E-state index contributed by atoms with van der Waals surface area (Å²) >= 11 is 3.43. The minimum atomic E-state index is -0.667. The van der Waals surface area contributed by atoms with Crippen molar-refractivity contribution in [3.05, 3.63) is 57.6 Å². The van der Waals surface area contributed by atoms with E-state index >= 15 is 0 Å². The summed E-state index contributed by atoms with van der Waals surface area (Å²) < 4.78 is 11.1. The van der Waals surface area contributed by atoms with Crippen molar-refractivity contribution in [2.45, 2.75) is 40.5 Å².